The van der Waals surface area contributed by atoms with Crippen molar-refractivity contribution in [1.82, 2.24) is 5.32 Å². The van der Waals surface area contributed by atoms with Crippen LogP contribution < -0.4 is 10.1 Å². The van der Waals surface area contributed by atoms with E-state index in [1.165, 1.54) is 45.3 Å². The zero-order chi connectivity index (χ0) is 34.1. The number of halogens is 3. The fourth-order valence-electron chi connectivity index (χ4n) is 3.97. The van der Waals surface area contributed by atoms with Crippen molar-refractivity contribution in [3.05, 3.63) is 28.6 Å². The summed E-state index contributed by atoms with van der Waals surface area (Å²) in [6.45, 7) is 12.7. The van der Waals surface area contributed by atoms with Crippen LogP contribution in [-0.2, 0) is 14.3 Å². The second-order valence-corrected chi connectivity index (χ2v) is 14.6. The molecule has 0 unspecified atom stereocenters. The van der Waals surface area contributed by atoms with E-state index >= 15 is 0 Å². The van der Waals surface area contributed by atoms with Crippen molar-refractivity contribution in [2.45, 2.75) is 105 Å². The van der Waals surface area contributed by atoms with Gasteiger partial charge in [0.1, 0.15) is 0 Å². The molecule has 1 aromatic carbocycles. The summed E-state index contributed by atoms with van der Waals surface area (Å²) < 4.78 is 52.8. The quantitative estimate of drug-likeness (QED) is 0.0427. The van der Waals surface area contributed by atoms with Crippen LogP contribution in [0.2, 0.25) is 0 Å². The number of thioether (sulfide) groups is 3. The molecule has 0 aliphatic carbocycles. The van der Waals surface area contributed by atoms with Crippen LogP contribution in [0.5, 0.6) is 5.75 Å². The third-order valence-electron chi connectivity index (χ3n) is 6.82. The molecule has 1 aromatic rings. The van der Waals surface area contributed by atoms with Gasteiger partial charge < -0.3 is 19.9 Å². The second-order valence-electron chi connectivity index (χ2n) is 11.0. The van der Waals surface area contributed by atoms with Crippen molar-refractivity contribution in [1.29, 1.82) is 0 Å². The third kappa shape index (κ3) is 21.4. The van der Waals surface area contributed by atoms with Crippen molar-refractivity contribution in [2.75, 3.05) is 54.2 Å². The first-order valence-electron chi connectivity index (χ1n) is 16.1. The number of benzene rings is 1. The van der Waals surface area contributed by atoms with E-state index in [0.29, 0.717) is 12.3 Å². The molecule has 0 saturated heterocycles. The number of carboxylic acids is 1. The summed E-state index contributed by atoms with van der Waals surface area (Å²) >= 11 is 5.53. The predicted molar refractivity (Wildman–Crippen MR) is 187 cm³/mol. The Morgan fingerprint density at radius 1 is 0.733 bits per heavy atom. The number of carbonyl (C=O) groups excluding carboxylic acids is 1. The average Bonchev–Trinajstić information content (AvgIpc) is 3.01. The van der Waals surface area contributed by atoms with Gasteiger partial charge in [0.2, 0.25) is 11.6 Å². The molecule has 0 bridgehead atoms. The highest BCUT2D eigenvalue weighted by molar-refractivity contribution is 8.02. The number of nitrogens with one attached hydrogen (secondary N) is 1. The molecule has 0 aromatic heterocycles. The van der Waals surface area contributed by atoms with Gasteiger partial charge in [-0.1, -0.05) is 39.5 Å². The fourth-order valence-corrected chi connectivity index (χ4v) is 6.85. The molecule has 0 spiro atoms. The number of esters is 1. The predicted octanol–water partition coefficient (Wildman–Crippen LogP) is 8.83. The average molecular weight is 700 g/mol. The van der Waals surface area contributed by atoms with Gasteiger partial charge in [-0.05, 0) is 76.1 Å². The Bertz CT molecular complexity index is 941. The van der Waals surface area contributed by atoms with Gasteiger partial charge in [0.05, 0.1) is 25.0 Å². The van der Waals surface area contributed by atoms with Gasteiger partial charge in [0, 0.05) is 29.6 Å². The van der Waals surface area contributed by atoms with E-state index in [2.05, 4.69) is 19.2 Å². The third-order valence-corrected chi connectivity index (χ3v) is 10.2. The lowest BCUT2D eigenvalue weighted by Gasteiger charge is -2.25. The van der Waals surface area contributed by atoms with Crippen LogP contribution in [0.1, 0.15) is 96.6 Å². The van der Waals surface area contributed by atoms with E-state index in [4.69, 9.17) is 14.6 Å². The molecular weight excluding hydrogens is 644 g/mol. The van der Waals surface area contributed by atoms with E-state index in [0.717, 1.165) is 55.4 Å². The van der Waals surface area contributed by atoms with Crippen LogP contribution in [0.25, 0.3) is 0 Å². The minimum atomic E-state index is -1.46. The number of hydrogen-bond acceptors (Lipinski definition) is 8. The van der Waals surface area contributed by atoms with Crippen molar-refractivity contribution < 1.29 is 37.3 Å². The Morgan fingerprint density at radius 2 is 1.27 bits per heavy atom. The summed E-state index contributed by atoms with van der Waals surface area (Å²) in [5.41, 5.74) is -0.411. The van der Waals surface area contributed by atoms with Crippen molar-refractivity contribution in [2.24, 2.45) is 0 Å². The molecule has 0 aliphatic rings. The Kier molecular flexibility index (Phi) is 26.3. The summed E-state index contributed by atoms with van der Waals surface area (Å²) in [5.74, 6) is -0.350. The number of hydrogen-bond donors (Lipinski definition) is 2. The van der Waals surface area contributed by atoms with Gasteiger partial charge in [0.15, 0.2) is 11.6 Å². The first-order chi connectivity index (χ1) is 21.5. The fraction of sp³-hybridized carbons (Fsp3) is 0.758. The van der Waals surface area contributed by atoms with Crippen molar-refractivity contribution >= 4 is 47.2 Å². The standard InChI is InChI=1S/C31H50F3NO5S3.C2H6/c1-23-24(2)28(33)30(29(34)27(23)32)40-26(38)12-19-41-17-9-7-5-6-8-10-18-42-21-22-43-20-16-39-31(3,4)13-15-35-14-11-25(36)37;1-2/h35H,5-22H2,1-4H3,(H,36,37);1-2H3. The molecule has 2 N–H and O–H groups in total. The molecule has 0 radical (unpaired) electrons. The lowest BCUT2D eigenvalue weighted by atomic mass is 10.1. The first kappa shape index (κ1) is 43.9. The van der Waals surface area contributed by atoms with Crippen LogP contribution in [0.3, 0.4) is 0 Å². The summed E-state index contributed by atoms with van der Waals surface area (Å²) in [7, 11) is 0. The molecule has 45 heavy (non-hydrogen) atoms. The molecule has 0 heterocycles. The van der Waals surface area contributed by atoms with Gasteiger partial charge in [-0.15, -0.1) is 0 Å². The molecule has 1 rings (SSSR count). The lowest BCUT2D eigenvalue weighted by Crippen LogP contribution is -2.31. The van der Waals surface area contributed by atoms with Gasteiger partial charge in [-0.25, -0.2) is 8.78 Å². The minimum absolute atomic E-state index is 0.0109. The van der Waals surface area contributed by atoms with E-state index in [1.807, 2.05) is 37.4 Å². The molecule has 0 saturated carbocycles. The normalized spacial score (nSPS) is 11.3. The SMILES string of the molecule is CC.Cc1c(C)c(F)c(OC(=O)CCSCCCCCCCCSCCSCCOC(C)(C)CCNCCC(=O)O)c(F)c1F. The number of rotatable bonds is 26. The first-order valence-corrected chi connectivity index (χ1v) is 19.6. The minimum Gasteiger partial charge on any atom is -0.481 e. The van der Waals surface area contributed by atoms with Crippen LogP contribution in [0.15, 0.2) is 0 Å². The number of carbonyl (C=O) groups is 2. The van der Waals surface area contributed by atoms with Crippen molar-refractivity contribution in [3.63, 3.8) is 0 Å². The zero-order valence-corrected chi connectivity index (χ0v) is 30.6. The maximum absolute atomic E-state index is 14.2. The number of ether oxygens (including phenoxy) is 2. The summed E-state index contributed by atoms with van der Waals surface area (Å²) in [6, 6.07) is 0. The molecule has 0 fully saturated rings. The number of aliphatic carboxylic acids is 1. The highest BCUT2D eigenvalue weighted by atomic mass is 32.2. The smallest absolute Gasteiger partial charge is 0.312 e. The topological polar surface area (TPSA) is 84.9 Å². The van der Waals surface area contributed by atoms with Gasteiger partial charge in [-0.3, -0.25) is 9.59 Å². The maximum Gasteiger partial charge on any atom is 0.312 e. The molecular formula is C33H56F3NO5S3. The van der Waals surface area contributed by atoms with E-state index in [1.54, 1.807) is 11.8 Å². The van der Waals surface area contributed by atoms with Gasteiger partial charge >= 0.3 is 11.9 Å². The number of carboxylic acid groups (broad SMARTS) is 1. The van der Waals surface area contributed by atoms with Crippen molar-refractivity contribution in [3.8, 4) is 5.75 Å². The Hall–Kier alpha value is -1.08. The highest BCUT2D eigenvalue weighted by Crippen LogP contribution is 2.30. The van der Waals surface area contributed by atoms with E-state index in [-0.39, 0.29) is 29.6 Å². The van der Waals surface area contributed by atoms with E-state index < -0.39 is 35.1 Å². The van der Waals surface area contributed by atoms with Crippen LogP contribution in [-0.4, -0.2) is 76.9 Å². The highest BCUT2D eigenvalue weighted by Gasteiger charge is 2.24. The molecule has 0 aliphatic heterocycles. The Morgan fingerprint density at radius 3 is 1.87 bits per heavy atom. The largest absolute Gasteiger partial charge is 0.481 e. The molecule has 262 valence electrons. The second kappa shape index (κ2) is 26.9. The van der Waals surface area contributed by atoms with Gasteiger partial charge in [-0.2, -0.15) is 39.7 Å². The van der Waals surface area contributed by atoms with E-state index in [9.17, 15) is 22.8 Å². The van der Waals surface area contributed by atoms with Crippen LogP contribution in [0, 0.1) is 31.3 Å². The Labute approximate surface area is 282 Å². The summed E-state index contributed by atoms with van der Waals surface area (Å²) in [4.78, 5) is 22.5. The Balaban J connectivity index is 0.00000947. The van der Waals surface area contributed by atoms with Crippen LogP contribution in [0.4, 0.5) is 13.2 Å². The van der Waals surface area contributed by atoms with Crippen LogP contribution >= 0.6 is 35.3 Å². The maximum atomic E-state index is 14.2. The molecule has 0 atom stereocenters. The lowest BCUT2D eigenvalue weighted by molar-refractivity contribution is -0.137. The summed E-state index contributed by atoms with van der Waals surface area (Å²) in [5, 5.41) is 11.8. The summed E-state index contributed by atoms with van der Waals surface area (Å²) in [6.07, 6.45) is 8.07. The monoisotopic (exact) mass is 699 g/mol. The molecule has 0 amide bonds. The molecule has 12 heteroatoms. The number of unbranched alkanes of at least 4 members (excludes halogenated alkanes) is 5. The van der Waals surface area contributed by atoms with Gasteiger partial charge in [0.25, 0.3) is 0 Å². The zero-order valence-electron chi connectivity index (χ0n) is 28.2. The molecule has 6 nitrogen and oxygen atoms in total.